The molecule has 0 aromatic heterocycles. The van der Waals surface area contributed by atoms with Gasteiger partial charge in [0, 0.05) is 6.92 Å². The van der Waals surface area contributed by atoms with E-state index >= 15 is 0 Å². The van der Waals surface area contributed by atoms with Crippen LogP contribution in [0.3, 0.4) is 0 Å². The van der Waals surface area contributed by atoms with Crippen molar-refractivity contribution in [3.63, 3.8) is 0 Å². The van der Waals surface area contributed by atoms with Crippen LogP contribution in [0.2, 0.25) is 0 Å². The Balaban J connectivity index is 2.14. The van der Waals surface area contributed by atoms with Crippen molar-refractivity contribution in [1.82, 2.24) is 16.0 Å². The number of hydrogen-bond donors (Lipinski definition) is 3. The number of carbonyl (C=O) groups is 4. The number of rotatable bonds is 6. The van der Waals surface area contributed by atoms with E-state index in [4.69, 9.17) is 4.74 Å². The molecule has 0 unspecified atom stereocenters. The molecule has 162 valence electrons. The van der Waals surface area contributed by atoms with Gasteiger partial charge >= 0.3 is 5.97 Å². The fourth-order valence-corrected chi connectivity index (χ4v) is 3.81. The van der Waals surface area contributed by atoms with E-state index in [2.05, 4.69) is 16.0 Å². The van der Waals surface area contributed by atoms with Crippen molar-refractivity contribution in [2.75, 3.05) is 13.7 Å². The third-order valence-electron chi connectivity index (χ3n) is 5.24. The molecule has 3 rings (SSSR count). The molecule has 0 radical (unpaired) electrons. The SMILES string of the molecule is COC(=O)C(C)(C)NC(=O)C1(NC(=O)CNC(C)=O)c2ccccc2-c2ccccc21. The molecule has 0 spiro atoms. The van der Waals surface area contributed by atoms with Gasteiger partial charge in [0.1, 0.15) is 5.54 Å². The normalized spacial score (nSPS) is 13.4. The summed E-state index contributed by atoms with van der Waals surface area (Å²) < 4.78 is 4.81. The van der Waals surface area contributed by atoms with Gasteiger partial charge in [0.05, 0.1) is 13.7 Å². The summed E-state index contributed by atoms with van der Waals surface area (Å²) in [6.45, 7) is 4.05. The van der Waals surface area contributed by atoms with Crippen molar-refractivity contribution in [2.45, 2.75) is 31.8 Å². The van der Waals surface area contributed by atoms with Gasteiger partial charge in [0.15, 0.2) is 5.54 Å². The highest BCUT2D eigenvalue weighted by Gasteiger charge is 2.52. The Kier molecular flexibility index (Phi) is 5.83. The molecule has 0 saturated carbocycles. The summed E-state index contributed by atoms with van der Waals surface area (Å²) >= 11 is 0. The van der Waals surface area contributed by atoms with Gasteiger partial charge in [-0.05, 0) is 36.1 Å². The van der Waals surface area contributed by atoms with E-state index in [-0.39, 0.29) is 12.5 Å². The van der Waals surface area contributed by atoms with E-state index in [1.807, 2.05) is 24.3 Å². The molecule has 2 aromatic carbocycles. The summed E-state index contributed by atoms with van der Waals surface area (Å²) in [7, 11) is 1.24. The maximum Gasteiger partial charge on any atom is 0.330 e. The van der Waals surface area contributed by atoms with Gasteiger partial charge in [0.2, 0.25) is 11.8 Å². The van der Waals surface area contributed by atoms with Crippen LogP contribution in [0.15, 0.2) is 48.5 Å². The molecule has 1 aliphatic carbocycles. The molecule has 0 bridgehead atoms. The summed E-state index contributed by atoms with van der Waals surface area (Å²) in [5.74, 6) is -2.13. The highest BCUT2D eigenvalue weighted by molar-refractivity contribution is 6.04. The van der Waals surface area contributed by atoms with Crippen LogP contribution >= 0.6 is 0 Å². The second kappa shape index (κ2) is 8.22. The standard InChI is InChI=1S/C23H25N3O5/c1-14(27)24-13-19(28)25-23(20(29)26-22(2,3)21(30)31-4)17-11-7-5-9-15(17)16-10-6-8-12-18(16)23/h5-12H,13H2,1-4H3,(H,24,27)(H,25,28)(H,26,29). The molecule has 8 heteroatoms. The molecule has 8 nitrogen and oxygen atoms in total. The number of fused-ring (bicyclic) bond motifs is 3. The number of carbonyl (C=O) groups excluding carboxylic acids is 4. The second-order valence-corrected chi connectivity index (χ2v) is 7.87. The fraction of sp³-hybridized carbons (Fsp3) is 0.304. The molecule has 31 heavy (non-hydrogen) atoms. The average Bonchev–Trinajstić information content (AvgIpc) is 3.02. The minimum absolute atomic E-state index is 0.297. The molecule has 3 amide bonds. The van der Waals surface area contributed by atoms with Gasteiger partial charge in [-0.25, -0.2) is 4.79 Å². The first kappa shape index (κ1) is 22.0. The van der Waals surface area contributed by atoms with Gasteiger partial charge in [-0.15, -0.1) is 0 Å². The van der Waals surface area contributed by atoms with Crippen LogP contribution in [-0.2, 0) is 29.5 Å². The fourth-order valence-electron chi connectivity index (χ4n) is 3.81. The van der Waals surface area contributed by atoms with Gasteiger partial charge in [-0.2, -0.15) is 0 Å². The second-order valence-electron chi connectivity index (χ2n) is 7.87. The largest absolute Gasteiger partial charge is 0.467 e. The van der Waals surface area contributed by atoms with Crippen molar-refractivity contribution in [3.05, 3.63) is 59.7 Å². The van der Waals surface area contributed by atoms with Gasteiger partial charge in [-0.3, -0.25) is 14.4 Å². The van der Waals surface area contributed by atoms with Crippen LogP contribution in [0.5, 0.6) is 0 Å². The lowest BCUT2D eigenvalue weighted by Gasteiger charge is -2.35. The minimum Gasteiger partial charge on any atom is -0.467 e. The minimum atomic E-state index is -1.59. The number of amides is 3. The lowest BCUT2D eigenvalue weighted by molar-refractivity contribution is -0.150. The third kappa shape index (κ3) is 3.88. The molecule has 0 heterocycles. The Hall–Kier alpha value is -3.68. The van der Waals surface area contributed by atoms with E-state index in [1.165, 1.54) is 27.9 Å². The van der Waals surface area contributed by atoms with E-state index in [0.29, 0.717) is 11.1 Å². The summed E-state index contributed by atoms with van der Waals surface area (Å²) in [5.41, 5.74) is -0.189. The van der Waals surface area contributed by atoms with E-state index < -0.39 is 28.9 Å². The van der Waals surface area contributed by atoms with Crippen LogP contribution in [0, 0.1) is 0 Å². The highest BCUT2D eigenvalue weighted by Crippen LogP contribution is 2.47. The van der Waals surface area contributed by atoms with E-state index in [0.717, 1.165) is 11.1 Å². The molecule has 2 aromatic rings. The van der Waals surface area contributed by atoms with Crippen molar-refractivity contribution in [2.24, 2.45) is 0 Å². The summed E-state index contributed by atoms with van der Waals surface area (Å²) in [5, 5.41) is 7.99. The van der Waals surface area contributed by atoms with Gasteiger partial charge in [-0.1, -0.05) is 48.5 Å². The topological polar surface area (TPSA) is 114 Å². The molecule has 1 aliphatic rings. The molecule has 0 fully saturated rings. The lowest BCUT2D eigenvalue weighted by Crippen LogP contribution is -2.62. The predicted octanol–water partition coefficient (Wildman–Crippen LogP) is 1.23. The number of ether oxygens (including phenoxy) is 1. The lowest BCUT2D eigenvalue weighted by atomic mass is 9.85. The van der Waals surface area contributed by atoms with Gasteiger partial charge in [0.25, 0.3) is 5.91 Å². The number of nitrogens with one attached hydrogen (secondary N) is 3. The Morgan fingerprint density at radius 3 is 1.94 bits per heavy atom. The van der Waals surface area contributed by atoms with Crippen LogP contribution < -0.4 is 16.0 Å². The summed E-state index contributed by atoms with van der Waals surface area (Å²) in [4.78, 5) is 50.0. The Labute approximate surface area is 180 Å². The van der Waals surface area contributed by atoms with E-state index in [1.54, 1.807) is 24.3 Å². The van der Waals surface area contributed by atoms with Gasteiger partial charge < -0.3 is 20.7 Å². The number of hydrogen-bond acceptors (Lipinski definition) is 5. The Morgan fingerprint density at radius 2 is 1.45 bits per heavy atom. The van der Waals surface area contributed by atoms with Crippen LogP contribution in [0.1, 0.15) is 31.9 Å². The first-order chi connectivity index (χ1) is 14.6. The number of benzene rings is 2. The first-order valence-electron chi connectivity index (χ1n) is 9.79. The zero-order chi connectivity index (χ0) is 22.8. The molecule has 0 atom stereocenters. The molecule has 0 aliphatic heterocycles. The number of esters is 1. The van der Waals surface area contributed by atoms with E-state index in [9.17, 15) is 19.2 Å². The van der Waals surface area contributed by atoms with Crippen molar-refractivity contribution in [3.8, 4) is 11.1 Å². The highest BCUT2D eigenvalue weighted by atomic mass is 16.5. The first-order valence-corrected chi connectivity index (χ1v) is 9.79. The zero-order valence-corrected chi connectivity index (χ0v) is 17.9. The number of methoxy groups -OCH3 is 1. The molecular formula is C23H25N3O5. The smallest absolute Gasteiger partial charge is 0.330 e. The summed E-state index contributed by atoms with van der Waals surface area (Å²) in [6.07, 6.45) is 0. The van der Waals surface area contributed by atoms with Crippen molar-refractivity contribution >= 4 is 23.7 Å². The third-order valence-corrected chi connectivity index (χ3v) is 5.24. The van der Waals surface area contributed by atoms with Crippen LogP contribution in [0.25, 0.3) is 11.1 Å². The average molecular weight is 423 g/mol. The maximum atomic E-state index is 13.8. The van der Waals surface area contributed by atoms with Crippen LogP contribution in [-0.4, -0.2) is 42.9 Å². The van der Waals surface area contributed by atoms with Crippen LogP contribution in [0.4, 0.5) is 0 Å². The zero-order valence-electron chi connectivity index (χ0n) is 17.9. The maximum absolute atomic E-state index is 13.8. The monoisotopic (exact) mass is 423 g/mol. The quantitative estimate of drug-likeness (QED) is 0.605. The Bertz CT molecular complexity index is 1020. The Morgan fingerprint density at radius 1 is 0.935 bits per heavy atom. The molecule has 3 N–H and O–H groups in total. The van der Waals surface area contributed by atoms with Crippen molar-refractivity contribution in [1.29, 1.82) is 0 Å². The molecule has 0 saturated heterocycles. The predicted molar refractivity (Wildman–Crippen MR) is 114 cm³/mol. The molecular weight excluding hydrogens is 398 g/mol. The van der Waals surface area contributed by atoms with Crippen molar-refractivity contribution < 1.29 is 23.9 Å². The summed E-state index contributed by atoms with van der Waals surface area (Å²) in [6, 6.07) is 14.5.